The van der Waals surface area contributed by atoms with Gasteiger partial charge >= 0.3 is 0 Å². The van der Waals surface area contributed by atoms with E-state index in [1.807, 2.05) is 42.5 Å². The highest BCUT2D eigenvalue weighted by Crippen LogP contribution is 2.29. The van der Waals surface area contributed by atoms with Gasteiger partial charge in [-0.15, -0.1) is 0 Å². The maximum absolute atomic E-state index is 12.1. The predicted octanol–water partition coefficient (Wildman–Crippen LogP) is 4.00. The van der Waals surface area contributed by atoms with E-state index < -0.39 is 13.0 Å². The molecule has 1 nitrogen and oxygen atoms in total. The second-order valence-corrected chi connectivity index (χ2v) is 3.56. The molecule has 0 aliphatic heterocycles. The number of alkyl halides is 2. The van der Waals surface area contributed by atoms with Crippen LogP contribution in [0.4, 0.5) is 8.78 Å². The van der Waals surface area contributed by atoms with Gasteiger partial charge in [-0.2, -0.15) is 0 Å². The van der Waals surface area contributed by atoms with Crippen LogP contribution in [0.3, 0.4) is 0 Å². The standard InChI is InChI=1S/C14H12F2O/c15-14(16)10-17-13-9-5-4-8-12(13)11-6-2-1-3-7-11/h1-9,14H,10H2. The first-order chi connectivity index (χ1) is 8.27. The number of rotatable bonds is 4. The minimum absolute atomic E-state index is 0.485. The van der Waals surface area contributed by atoms with Gasteiger partial charge in [0.25, 0.3) is 6.43 Å². The topological polar surface area (TPSA) is 9.23 Å². The number of para-hydroxylation sites is 1. The van der Waals surface area contributed by atoms with Crippen molar-refractivity contribution in [2.45, 2.75) is 6.43 Å². The summed E-state index contributed by atoms with van der Waals surface area (Å²) in [5, 5.41) is 0. The molecule has 17 heavy (non-hydrogen) atoms. The Bertz CT molecular complexity index is 469. The molecule has 0 aromatic heterocycles. The van der Waals surface area contributed by atoms with Crippen LogP contribution in [0.15, 0.2) is 54.6 Å². The number of hydrogen-bond acceptors (Lipinski definition) is 1. The van der Waals surface area contributed by atoms with Crippen molar-refractivity contribution in [3.8, 4) is 16.9 Å². The average molecular weight is 234 g/mol. The molecule has 0 spiro atoms. The van der Waals surface area contributed by atoms with Crippen molar-refractivity contribution in [2.24, 2.45) is 0 Å². The molecular weight excluding hydrogens is 222 g/mol. The Labute approximate surface area is 98.7 Å². The number of hydrogen-bond donors (Lipinski definition) is 0. The highest BCUT2D eigenvalue weighted by Gasteiger charge is 2.08. The third kappa shape index (κ3) is 3.03. The molecule has 0 heterocycles. The molecule has 0 radical (unpaired) electrons. The van der Waals surface area contributed by atoms with Crippen LogP contribution in [-0.4, -0.2) is 13.0 Å². The lowest BCUT2D eigenvalue weighted by atomic mass is 10.1. The smallest absolute Gasteiger partial charge is 0.272 e. The minimum Gasteiger partial charge on any atom is -0.487 e. The van der Waals surface area contributed by atoms with Crippen LogP contribution in [0.1, 0.15) is 0 Å². The number of halogens is 2. The normalized spacial score (nSPS) is 10.5. The molecule has 0 aliphatic rings. The maximum Gasteiger partial charge on any atom is 0.272 e. The van der Waals surface area contributed by atoms with E-state index in [-0.39, 0.29) is 0 Å². The van der Waals surface area contributed by atoms with Crippen molar-refractivity contribution < 1.29 is 13.5 Å². The Morgan fingerprint density at radius 3 is 2.24 bits per heavy atom. The summed E-state index contributed by atoms with van der Waals surface area (Å²) in [7, 11) is 0. The van der Waals surface area contributed by atoms with Crippen LogP contribution < -0.4 is 4.74 Å². The third-order valence-corrected chi connectivity index (χ3v) is 2.34. The maximum atomic E-state index is 12.1. The van der Waals surface area contributed by atoms with Crippen molar-refractivity contribution in [1.82, 2.24) is 0 Å². The van der Waals surface area contributed by atoms with Gasteiger partial charge in [-0.25, -0.2) is 8.78 Å². The second kappa shape index (κ2) is 5.43. The molecule has 0 fully saturated rings. The molecule has 0 saturated heterocycles. The fourth-order valence-electron chi connectivity index (χ4n) is 1.60. The second-order valence-electron chi connectivity index (χ2n) is 3.56. The van der Waals surface area contributed by atoms with Gasteiger partial charge in [0.05, 0.1) is 0 Å². The molecule has 0 amide bonds. The van der Waals surface area contributed by atoms with Gasteiger partial charge < -0.3 is 4.74 Å². The predicted molar refractivity (Wildman–Crippen MR) is 63.4 cm³/mol. The summed E-state index contributed by atoms with van der Waals surface area (Å²) in [6.07, 6.45) is -2.46. The monoisotopic (exact) mass is 234 g/mol. The highest BCUT2D eigenvalue weighted by molar-refractivity contribution is 5.70. The van der Waals surface area contributed by atoms with E-state index in [1.54, 1.807) is 12.1 Å². The zero-order valence-electron chi connectivity index (χ0n) is 9.14. The summed E-state index contributed by atoms with van der Waals surface area (Å²) in [5.41, 5.74) is 1.78. The van der Waals surface area contributed by atoms with E-state index in [2.05, 4.69) is 0 Å². The molecule has 0 N–H and O–H groups in total. The van der Waals surface area contributed by atoms with Crippen LogP contribution in [0.5, 0.6) is 5.75 Å². The molecule has 0 unspecified atom stereocenters. The lowest BCUT2D eigenvalue weighted by molar-refractivity contribution is 0.0822. The lowest BCUT2D eigenvalue weighted by Crippen LogP contribution is -2.07. The fraction of sp³-hybridized carbons (Fsp3) is 0.143. The summed E-state index contributed by atoms with van der Waals surface area (Å²) >= 11 is 0. The van der Waals surface area contributed by atoms with E-state index in [1.165, 1.54) is 0 Å². The van der Waals surface area contributed by atoms with Crippen molar-refractivity contribution >= 4 is 0 Å². The van der Waals surface area contributed by atoms with Gasteiger partial charge in [-0.05, 0) is 11.6 Å². The SMILES string of the molecule is FC(F)COc1ccccc1-c1ccccc1. The largest absolute Gasteiger partial charge is 0.487 e. The summed E-state index contributed by atoms with van der Waals surface area (Å²) in [5.74, 6) is 0.485. The molecule has 2 rings (SSSR count). The van der Waals surface area contributed by atoms with E-state index in [0.29, 0.717) is 5.75 Å². The average Bonchev–Trinajstić information content (AvgIpc) is 2.38. The highest BCUT2D eigenvalue weighted by atomic mass is 19.3. The number of benzene rings is 2. The van der Waals surface area contributed by atoms with Crippen LogP contribution in [0.25, 0.3) is 11.1 Å². The quantitative estimate of drug-likeness (QED) is 0.777. The third-order valence-electron chi connectivity index (χ3n) is 2.34. The molecule has 2 aromatic rings. The Morgan fingerprint density at radius 1 is 0.882 bits per heavy atom. The summed E-state index contributed by atoms with van der Waals surface area (Å²) < 4.78 is 29.4. The first kappa shape index (κ1) is 11.6. The molecule has 88 valence electrons. The molecule has 0 saturated carbocycles. The zero-order chi connectivity index (χ0) is 12.1. The van der Waals surface area contributed by atoms with E-state index in [0.717, 1.165) is 11.1 Å². The van der Waals surface area contributed by atoms with Gasteiger partial charge in [-0.1, -0.05) is 48.5 Å². The molecule has 2 aromatic carbocycles. The van der Waals surface area contributed by atoms with Crippen molar-refractivity contribution in [1.29, 1.82) is 0 Å². The summed E-state index contributed by atoms with van der Waals surface area (Å²) in [6, 6.07) is 16.7. The van der Waals surface area contributed by atoms with E-state index in [9.17, 15) is 8.78 Å². The Morgan fingerprint density at radius 2 is 1.53 bits per heavy atom. The fourth-order valence-corrected chi connectivity index (χ4v) is 1.60. The van der Waals surface area contributed by atoms with Gasteiger partial charge in [0.2, 0.25) is 0 Å². The lowest BCUT2D eigenvalue weighted by Gasteiger charge is -2.11. The zero-order valence-corrected chi connectivity index (χ0v) is 9.14. The summed E-state index contributed by atoms with van der Waals surface area (Å²) in [6.45, 7) is -0.580. The van der Waals surface area contributed by atoms with Crippen LogP contribution in [-0.2, 0) is 0 Å². The Hall–Kier alpha value is -1.90. The first-order valence-corrected chi connectivity index (χ1v) is 5.33. The van der Waals surface area contributed by atoms with E-state index in [4.69, 9.17) is 4.74 Å². The van der Waals surface area contributed by atoms with Crippen LogP contribution in [0.2, 0.25) is 0 Å². The van der Waals surface area contributed by atoms with Gasteiger partial charge in [0.15, 0.2) is 0 Å². The van der Waals surface area contributed by atoms with Crippen molar-refractivity contribution in [3.63, 3.8) is 0 Å². The molecule has 0 bridgehead atoms. The first-order valence-electron chi connectivity index (χ1n) is 5.33. The van der Waals surface area contributed by atoms with Crippen molar-refractivity contribution in [3.05, 3.63) is 54.6 Å². The van der Waals surface area contributed by atoms with E-state index >= 15 is 0 Å². The Balaban J connectivity index is 2.28. The van der Waals surface area contributed by atoms with Gasteiger partial charge in [0, 0.05) is 5.56 Å². The van der Waals surface area contributed by atoms with Gasteiger partial charge in [0.1, 0.15) is 12.4 Å². The molecular formula is C14H12F2O. The molecule has 3 heteroatoms. The molecule has 0 aliphatic carbocycles. The van der Waals surface area contributed by atoms with Gasteiger partial charge in [-0.3, -0.25) is 0 Å². The Kier molecular flexibility index (Phi) is 3.70. The van der Waals surface area contributed by atoms with Crippen molar-refractivity contribution in [2.75, 3.05) is 6.61 Å². The number of ether oxygens (including phenoxy) is 1. The van der Waals surface area contributed by atoms with Crippen LogP contribution in [0, 0.1) is 0 Å². The molecule has 0 atom stereocenters. The summed E-state index contributed by atoms with van der Waals surface area (Å²) in [4.78, 5) is 0. The van der Waals surface area contributed by atoms with Crippen LogP contribution >= 0.6 is 0 Å². The minimum atomic E-state index is -2.46.